The van der Waals surface area contributed by atoms with Gasteiger partial charge in [0.1, 0.15) is 0 Å². The summed E-state index contributed by atoms with van der Waals surface area (Å²) in [7, 11) is 0. The number of carbonyl (C=O) groups is 1. The molecule has 23 heavy (non-hydrogen) atoms. The van der Waals surface area contributed by atoms with Crippen molar-refractivity contribution in [2.75, 3.05) is 4.90 Å². The van der Waals surface area contributed by atoms with Crippen molar-refractivity contribution in [3.05, 3.63) is 29.3 Å². The minimum atomic E-state index is -4.69. The minimum absolute atomic E-state index is 0.00958. The number of hydrogen-bond donors (Lipinski definition) is 0. The van der Waals surface area contributed by atoms with E-state index in [1.54, 1.807) is 13.8 Å². The van der Waals surface area contributed by atoms with Crippen LogP contribution >= 0.6 is 12.2 Å². The van der Waals surface area contributed by atoms with E-state index in [9.17, 15) is 18.0 Å². The number of carbonyl (C=O) groups excluding carboxylic acids is 1. The first-order chi connectivity index (χ1) is 10.5. The van der Waals surface area contributed by atoms with Crippen molar-refractivity contribution in [3.63, 3.8) is 0 Å². The molecule has 0 heterocycles. The monoisotopic (exact) mass is 342 g/mol. The Balaban J connectivity index is 3.50. The van der Waals surface area contributed by atoms with Crippen LogP contribution in [0.5, 0.6) is 0 Å². The maximum Gasteiger partial charge on any atom is 0.417 e. The van der Waals surface area contributed by atoms with Gasteiger partial charge in [0.05, 0.1) is 27.9 Å². The molecule has 0 saturated carbocycles. The molecule has 0 aliphatic heterocycles. The molecule has 0 aliphatic carbocycles. The van der Waals surface area contributed by atoms with Crippen LogP contribution in [-0.2, 0) is 11.0 Å². The number of halogens is 3. The summed E-state index contributed by atoms with van der Waals surface area (Å²) in [6.07, 6.45) is -4.18. The normalized spacial score (nSPS) is 11.7. The second-order valence-electron chi connectivity index (χ2n) is 5.74. The fourth-order valence-electron chi connectivity index (χ4n) is 1.90. The Kier molecular flexibility index (Phi) is 5.54. The van der Waals surface area contributed by atoms with E-state index >= 15 is 0 Å². The lowest BCUT2D eigenvalue weighted by Crippen LogP contribution is -2.43. The smallest absolute Gasteiger partial charge is 0.275 e. The molecule has 0 bridgehead atoms. The van der Waals surface area contributed by atoms with Gasteiger partial charge >= 0.3 is 6.18 Å². The van der Waals surface area contributed by atoms with E-state index < -0.39 is 22.7 Å². The Morgan fingerprint density at radius 2 is 1.91 bits per heavy atom. The topological polar surface area (TPSA) is 44.1 Å². The highest BCUT2D eigenvalue weighted by atomic mass is 32.1. The van der Waals surface area contributed by atoms with Gasteiger partial charge in [-0.1, -0.05) is 33.0 Å². The van der Waals surface area contributed by atoms with Crippen molar-refractivity contribution >= 4 is 28.8 Å². The van der Waals surface area contributed by atoms with E-state index in [-0.39, 0.29) is 16.6 Å². The zero-order valence-corrected chi connectivity index (χ0v) is 14.1. The molecule has 1 aromatic carbocycles. The quantitative estimate of drug-likeness (QED) is 0.748. The van der Waals surface area contributed by atoms with E-state index in [1.807, 2.05) is 6.92 Å². The largest absolute Gasteiger partial charge is 0.417 e. The molecule has 1 aromatic rings. The highest BCUT2D eigenvalue weighted by Crippen LogP contribution is 2.35. The molecule has 0 fully saturated rings. The number of nitrogens with zero attached hydrogens (tertiary/aromatic N) is 2. The number of rotatable bonds is 3. The molecular weight excluding hydrogens is 325 g/mol. The predicted molar refractivity (Wildman–Crippen MR) is 86.0 cm³/mol. The highest BCUT2D eigenvalue weighted by Gasteiger charge is 2.36. The summed E-state index contributed by atoms with van der Waals surface area (Å²) in [5.74, 6) is -0.384. The Bertz CT molecular complexity index is 675. The van der Waals surface area contributed by atoms with Crippen LogP contribution in [-0.4, -0.2) is 10.9 Å². The van der Waals surface area contributed by atoms with E-state index in [1.165, 1.54) is 19.1 Å². The fraction of sp³-hybridized carbons (Fsp3) is 0.438. The lowest BCUT2D eigenvalue weighted by Gasteiger charge is -2.31. The van der Waals surface area contributed by atoms with Crippen molar-refractivity contribution in [1.29, 1.82) is 5.26 Å². The third-order valence-electron chi connectivity index (χ3n) is 3.67. The molecule has 1 amide bonds. The van der Waals surface area contributed by atoms with Crippen molar-refractivity contribution < 1.29 is 18.0 Å². The zero-order valence-electron chi connectivity index (χ0n) is 13.3. The first-order valence-corrected chi connectivity index (χ1v) is 7.33. The van der Waals surface area contributed by atoms with E-state index in [0.717, 1.165) is 17.0 Å². The van der Waals surface area contributed by atoms with Crippen LogP contribution in [0.3, 0.4) is 0 Å². The molecule has 124 valence electrons. The number of alkyl halides is 3. The molecule has 1 rings (SSSR count). The second kappa shape index (κ2) is 6.67. The van der Waals surface area contributed by atoms with Gasteiger partial charge in [-0.05, 0) is 31.5 Å². The van der Waals surface area contributed by atoms with Gasteiger partial charge in [-0.2, -0.15) is 18.4 Å². The molecule has 0 saturated heterocycles. The van der Waals surface area contributed by atoms with Crippen LogP contribution in [0.1, 0.15) is 45.2 Å². The molecule has 0 aliphatic rings. The fourth-order valence-corrected chi connectivity index (χ4v) is 2.09. The number of anilines is 1. The Morgan fingerprint density at radius 3 is 2.30 bits per heavy atom. The van der Waals surface area contributed by atoms with Crippen LogP contribution in [0, 0.1) is 16.7 Å². The maximum absolute atomic E-state index is 13.1. The average molecular weight is 342 g/mol. The number of benzene rings is 1. The van der Waals surface area contributed by atoms with Crippen molar-refractivity contribution in [2.45, 2.75) is 40.3 Å². The average Bonchev–Trinajstić information content (AvgIpc) is 2.45. The first-order valence-electron chi connectivity index (χ1n) is 6.92. The molecule has 0 spiro atoms. The van der Waals surface area contributed by atoms with Crippen LogP contribution in [0.25, 0.3) is 0 Å². The molecule has 0 atom stereocenters. The second-order valence-corrected chi connectivity index (χ2v) is 6.33. The van der Waals surface area contributed by atoms with E-state index in [0.29, 0.717) is 6.42 Å². The lowest BCUT2D eigenvalue weighted by molar-refractivity contribution is -0.137. The summed E-state index contributed by atoms with van der Waals surface area (Å²) >= 11 is 5.05. The number of hydrogen-bond acceptors (Lipinski definition) is 3. The summed E-state index contributed by atoms with van der Waals surface area (Å²) in [6.45, 7) is 6.70. The number of thiocarbonyl (C=S) groups is 1. The van der Waals surface area contributed by atoms with Gasteiger partial charge in [-0.25, -0.2) is 0 Å². The van der Waals surface area contributed by atoms with E-state index in [4.69, 9.17) is 17.5 Å². The van der Waals surface area contributed by atoms with Crippen LogP contribution < -0.4 is 4.90 Å². The van der Waals surface area contributed by atoms with Gasteiger partial charge in [-0.3, -0.25) is 9.69 Å². The van der Waals surface area contributed by atoms with Crippen LogP contribution in [0.2, 0.25) is 0 Å². The van der Waals surface area contributed by atoms with Crippen molar-refractivity contribution in [2.24, 2.45) is 5.41 Å². The van der Waals surface area contributed by atoms with Gasteiger partial charge in [-0.15, -0.1) is 0 Å². The highest BCUT2D eigenvalue weighted by molar-refractivity contribution is 7.80. The van der Waals surface area contributed by atoms with Crippen molar-refractivity contribution in [3.8, 4) is 6.07 Å². The van der Waals surface area contributed by atoms with Gasteiger partial charge in [0.2, 0.25) is 5.91 Å². The lowest BCUT2D eigenvalue weighted by atomic mass is 9.88. The molecule has 0 aromatic heterocycles. The van der Waals surface area contributed by atoms with Crippen molar-refractivity contribution in [1.82, 2.24) is 0 Å². The Hall–Kier alpha value is -1.94. The summed E-state index contributed by atoms with van der Waals surface area (Å²) in [5.41, 5.74) is -2.34. The predicted octanol–water partition coefficient (Wildman–Crippen LogP) is 4.69. The Labute approximate surface area is 138 Å². The maximum atomic E-state index is 13.1. The third kappa shape index (κ3) is 4.08. The van der Waals surface area contributed by atoms with Gasteiger partial charge < -0.3 is 0 Å². The van der Waals surface area contributed by atoms with Crippen LogP contribution in [0.4, 0.5) is 18.9 Å². The number of nitriles is 1. The van der Waals surface area contributed by atoms with Gasteiger partial charge in [0.15, 0.2) is 0 Å². The third-order valence-corrected chi connectivity index (χ3v) is 3.85. The van der Waals surface area contributed by atoms with E-state index in [2.05, 4.69) is 0 Å². The molecule has 0 N–H and O–H groups in total. The van der Waals surface area contributed by atoms with Gasteiger partial charge in [0.25, 0.3) is 0 Å². The molecule has 7 heteroatoms. The number of amides is 1. The van der Waals surface area contributed by atoms with Gasteiger partial charge in [0, 0.05) is 5.41 Å². The summed E-state index contributed by atoms with van der Waals surface area (Å²) < 4.78 is 39.3. The SMILES string of the molecule is CCC(C)(C)C(=O)N(C(C)=S)c1ccc(C#N)c(C(F)(F)F)c1. The summed E-state index contributed by atoms with van der Waals surface area (Å²) in [6, 6.07) is 4.65. The molecule has 0 radical (unpaired) electrons. The standard InChI is InChI=1S/C16H17F3N2OS/c1-5-15(3,4)14(22)21(10(2)23)12-7-6-11(9-20)13(8-12)16(17,18)19/h6-8H,5H2,1-4H3. The minimum Gasteiger partial charge on any atom is -0.275 e. The molecular formula is C16H17F3N2OS. The molecule has 0 unspecified atom stereocenters. The summed E-state index contributed by atoms with van der Waals surface area (Å²) in [4.78, 5) is 13.9. The first kappa shape index (κ1) is 19.1. The summed E-state index contributed by atoms with van der Waals surface area (Å²) in [5, 5.41) is 8.84. The van der Waals surface area contributed by atoms with Crippen LogP contribution in [0.15, 0.2) is 18.2 Å². The molecule has 3 nitrogen and oxygen atoms in total. The zero-order chi connectivity index (χ0) is 18.0. The Morgan fingerprint density at radius 1 is 1.35 bits per heavy atom.